The zero-order chi connectivity index (χ0) is 19.8. The first-order valence-corrected chi connectivity index (χ1v) is 9.44. The fourth-order valence-electron chi connectivity index (χ4n) is 3.28. The van der Waals surface area contributed by atoms with Gasteiger partial charge in [0.15, 0.2) is 28.6 Å². The largest absolute Gasteiger partial charge is 0.461 e. The summed E-state index contributed by atoms with van der Waals surface area (Å²) in [5.74, 6) is 7.19. The van der Waals surface area contributed by atoms with E-state index in [1.807, 2.05) is 30.3 Å². The lowest BCUT2D eigenvalue weighted by Gasteiger charge is -2.18. The van der Waals surface area contributed by atoms with Crippen molar-refractivity contribution < 1.29 is 14.3 Å². The minimum absolute atomic E-state index is 0.173. The molecule has 2 atom stereocenters. The van der Waals surface area contributed by atoms with Crippen molar-refractivity contribution >= 4 is 22.8 Å². The third kappa shape index (κ3) is 3.28. The third-order valence-electron chi connectivity index (χ3n) is 4.62. The highest BCUT2D eigenvalue weighted by molar-refractivity contribution is 6.33. The van der Waals surface area contributed by atoms with E-state index in [0.717, 1.165) is 5.56 Å². The van der Waals surface area contributed by atoms with Crippen molar-refractivity contribution in [3.05, 3.63) is 65.3 Å². The molecular weight excluding hydrogens is 392 g/mol. The summed E-state index contributed by atoms with van der Waals surface area (Å²) in [4.78, 5) is 13.4. The summed E-state index contributed by atoms with van der Waals surface area (Å²) in [5, 5.41) is 10.6. The van der Waals surface area contributed by atoms with Crippen LogP contribution in [-0.2, 0) is 4.74 Å². The molecule has 3 aromatic heterocycles. The smallest absolute Gasteiger partial charge is 0.208 e. The summed E-state index contributed by atoms with van der Waals surface area (Å²) in [6.45, 7) is 0.433. The van der Waals surface area contributed by atoms with Gasteiger partial charge in [-0.25, -0.2) is 15.0 Å². The topological polar surface area (TPSA) is 86.2 Å². The minimum atomic E-state index is -0.700. The van der Waals surface area contributed by atoms with Crippen molar-refractivity contribution in [1.29, 1.82) is 0 Å². The molecule has 0 aliphatic carbocycles. The Morgan fingerprint density at radius 3 is 2.66 bits per heavy atom. The molecule has 1 saturated heterocycles. The Morgan fingerprint density at radius 1 is 1.07 bits per heavy atom. The summed E-state index contributed by atoms with van der Waals surface area (Å²) < 4.78 is 13.0. The van der Waals surface area contributed by atoms with Crippen LogP contribution < -0.4 is 0 Å². The number of nitrogens with zero attached hydrogens (tertiary/aromatic N) is 4. The van der Waals surface area contributed by atoms with Gasteiger partial charge in [-0.2, -0.15) is 0 Å². The summed E-state index contributed by atoms with van der Waals surface area (Å²) in [6, 6.07) is 13.1. The van der Waals surface area contributed by atoms with E-state index >= 15 is 0 Å². The number of aliphatic hydroxyl groups excluding tert-OH is 1. The standard InChI is InChI=1S/C21H15ClN4O3/c22-18-17-20(24-16(23-18)9-8-13-5-2-1-3-6-13)26(21-14(27)10-12-29-21)19(25-17)15-7-4-11-28-15/h1-7,11,14,21,27H,10,12H2/t14-,21-/m1/s1. The molecule has 1 aromatic carbocycles. The maximum Gasteiger partial charge on any atom is 0.208 e. The number of furan rings is 1. The molecule has 4 heterocycles. The second-order valence-electron chi connectivity index (χ2n) is 6.53. The Bertz CT molecular complexity index is 1230. The Hall–Kier alpha value is -3.18. The summed E-state index contributed by atoms with van der Waals surface area (Å²) >= 11 is 6.41. The van der Waals surface area contributed by atoms with E-state index in [9.17, 15) is 5.11 Å². The van der Waals surface area contributed by atoms with E-state index < -0.39 is 12.3 Å². The summed E-state index contributed by atoms with van der Waals surface area (Å²) in [5.41, 5.74) is 1.66. The molecule has 4 aromatic rings. The highest BCUT2D eigenvalue weighted by atomic mass is 35.5. The molecular formula is C21H15ClN4O3. The average Bonchev–Trinajstić information content (AvgIpc) is 3.46. The van der Waals surface area contributed by atoms with Crippen molar-refractivity contribution in [2.45, 2.75) is 18.8 Å². The maximum absolute atomic E-state index is 10.4. The van der Waals surface area contributed by atoms with Crippen LogP contribution in [0, 0.1) is 11.8 Å². The number of ether oxygens (including phenoxy) is 1. The zero-order valence-corrected chi connectivity index (χ0v) is 15.9. The van der Waals surface area contributed by atoms with Gasteiger partial charge in [-0.15, -0.1) is 0 Å². The monoisotopic (exact) mass is 406 g/mol. The molecule has 29 heavy (non-hydrogen) atoms. The van der Waals surface area contributed by atoms with Gasteiger partial charge in [-0.05, 0) is 30.2 Å². The van der Waals surface area contributed by atoms with Crippen molar-refractivity contribution in [1.82, 2.24) is 19.5 Å². The van der Waals surface area contributed by atoms with Gasteiger partial charge >= 0.3 is 0 Å². The van der Waals surface area contributed by atoms with Gasteiger partial charge in [-0.3, -0.25) is 4.57 Å². The summed E-state index contributed by atoms with van der Waals surface area (Å²) in [6.07, 6.45) is 0.714. The molecule has 0 unspecified atom stereocenters. The lowest BCUT2D eigenvalue weighted by Crippen LogP contribution is -2.20. The Balaban J connectivity index is 1.69. The molecule has 0 saturated carbocycles. The molecule has 1 fully saturated rings. The van der Waals surface area contributed by atoms with Crippen LogP contribution >= 0.6 is 11.6 Å². The molecule has 0 bridgehead atoms. The Morgan fingerprint density at radius 2 is 1.93 bits per heavy atom. The molecule has 0 spiro atoms. The van der Waals surface area contributed by atoms with Crippen molar-refractivity contribution in [3.63, 3.8) is 0 Å². The Kier molecular flexibility index (Phi) is 4.52. The molecule has 1 aliphatic heterocycles. The number of aliphatic hydroxyl groups is 1. The lowest BCUT2D eigenvalue weighted by molar-refractivity contribution is -0.00536. The van der Waals surface area contributed by atoms with Crippen LogP contribution in [0.2, 0.25) is 5.15 Å². The van der Waals surface area contributed by atoms with Crippen LogP contribution in [0.25, 0.3) is 22.7 Å². The number of rotatable bonds is 2. The van der Waals surface area contributed by atoms with E-state index in [2.05, 4.69) is 26.8 Å². The first kappa shape index (κ1) is 17.9. The van der Waals surface area contributed by atoms with Crippen molar-refractivity contribution in [2.24, 2.45) is 0 Å². The minimum Gasteiger partial charge on any atom is -0.461 e. The van der Waals surface area contributed by atoms with Crippen LogP contribution in [-0.4, -0.2) is 37.3 Å². The zero-order valence-electron chi connectivity index (χ0n) is 15.1. The number of fused-ring (bicyclic) bond motifs is 1. The SMILES string of the molecule is O[C@@H]1CCO[C@H]1n1c(-c2ccco2)nc2c(Cl)nc(C#Cc3ccccc3)nc21. The summed E-state index contributed by atoms with van der Waals surface area (Å²) in [7, 11) is 0. The fourth-order valence-corrected chi connectivity index (χ4v) is 3.48. The molecule has 1 aliphatic rings. The highest BCUT2D eigenvalue weighted by Gasteiger charge is 2.33. The third-order valence-corrected chi connectivity index (χ3v) is 4.88. The van der Waals surface area contributed by atoms with Gasteiger partial charge in [0.2, 0.25) is 5.82 Å². The van der Waals surface area contributed by atoms with Gasteiger partial charge < -0.3 is 14.3 Å². The number of halogens is 1. The quantitative estimate of drug-likeness (QED) is 0.405. The number of imidazole rings is 1. The van der Waals surface area contributed by atoms with E-state index in [1.54, 1.807) is 23.0 Å². The first-order valence-electron chi connectivity index (χ1n) is 9.07. The molecule has 8 heteroatoms. The second-order valence-corrected chi connectivity index (χ2v) is 6.88. The number of benzene rings is 1. The van der Waals surface area contributed by atoms with Gasteiger partial charge in [0.25, 0.3) is 0 Å². The van der Waals surface area contributed by atoms with Crippen LogP contribution in [0.3, 0.4) is 0 Å². The van der Waals surface area contributed by atoms with Crippen LogP contribution in [0.15, 0.2) is 53.1 Å². The number of hydrogen-bond acceptors (Lipinski definition) is 6. The van der Waals surface area contributed by atoms with Gasteiger partial charge in [0.05, 0.1) is 12.9 Å². The van der Waals surface area contributed by atoms with Crippen molar-refractivity contribution in [2.75, 3.05) is 6.61 Å². The number of aromatic nitrogens is 4. The van der Waals surface area contributed by atoms with Gasteiger partial charge in [-0.1, -0.05) is 35.7 Å². The molecule has 144 valence electrons. The van der Waals surface area contributed by atoms with Crippen LogP contribution in [0.1, 0.15) is 24.0 Å². The maximum atomic E-state index is 10.4. The average molecular weight is 407 g/mol. The highest BCUT2D eigenvalue weighted by Crippen LogP contribution is 2.34. The van der Waals surface area contributed by atoms with E-state index in [-0.39, 0.29) is 11.0 Å². The Labute approximate surface area is 170 Å². The molecule has 5 rings (SSSR count). The second kappa shape index (κ2) is 7.33. The van der Waals surface area contributed by atoms with E-state index in [4.69, 9.17) is 20.8 Å². The molecule has 7 nitrogen and oxygen atoms in total. The normalized spacial score (nSPS) is 18.7. The lowest BCUT2D eigenvalue weighted by atomic mass is 10.2. The van der Waals surface area contributed by atoms with Crippen molar-refractivity contribution in [3.8, 4) is 23.4 Å². The van der Waals surface area contributed by atoms with Gasteiger partial charge in [0.1, 0.15) is 11.6 Å². The van der Waals surface area contributed by atoms with E-state index in [1.165, 1.54) is 0 Å². The first-order chi connectivity index (χ1) is 14.2. The fraction of sp³-hybridized carbons (Fsp3) is 0.190. The van der Waals surface area contributed by atoms with Crippen LogP contribution in [0.5, 0.6) is 0 Å². The molecule has 0 radical (unpaired) electrons. The molecule has 0 amide bonds. The number of hydrogen-bond donors (Lipinski definition) is 1. The molecule has 1 N–H and O–H groups in total. The predicted octanol–water partition coefficient (Wildman–Crippen LogP) is 3.42. The van der Waals surface area contributed by atoms with Gasteiger partial charge in [0, 0.05) is 12.0 Å². The van der Waals surface area contributed by atoms with Crippen LogP contribution in [0.4, 0.5) is 0 Å². The predicted molar refractivity (Wildman–Crippen MR) is 106 cm³/mol. The van der Waals surface area contributed by atoms with E-state index in [0.29, 0.717) is 35.8 Å².